The molecule has 0 saturated carbocycles. The van der Waals surface area contributed by atoms with Gasteiger partial charge in [0.15, 0.2) is 17.2 Å². The van der Waals surface area contributed by atoms with Gasteiger partial charge < -0.3 is 14.0 Å². The van der Waals surface area contributed by atoms with Gasteiger partial charge in [-0.25, -0.2) is 0 Å². The molecule has 0 fully saturated rings. The van der Waals surface area contributed by atoms with Gasteiger partial charge in [0.1, 0.15) is 0 Å². The Morgan fingerprint density at radius 3 is 2.78 bits per heavy atom. The minimum atomic E-state index is -0.506. The van der Waals surface area contributed by atoms with Crippen LogP contribution < -0.4 is 9.47 Å². The van der Waals surface area contributed by atoms with Crippen molar-refractivity contribution in [1.29, 1.82) is 0 Å². The molecule has 1 heterocycles. The van der Waals surface area contributed by atoms with Crippen LogP contribution in [0.15, 0.2) is 22.7 Å². The van der Waals surface area contributed by atoms with Crippen LogP contribution in [0.4, 0.5) is 5.69 Å². The van der Waals surface area contributed by atoms with Crippen LogP contribution in [-0.2, 0) is 0 Å². The first-order valence-corrected chi connectivity index (χ1v) is 7.16. The van der Waals surface area contributed by atoms with Gasteiger partial charge in [-0.1, -0.05) is 24.2 Å². The zero-order chi connectivity index (χ0) is 16.8. The molecule has 0 radical (unpaired) electrons. The molecule has 2 rings (SSSR count). The van der Waals surface area contributed by atoms with Gasteiger partial charge in [-0.15, -0.1) is 0 Å². The number of hydrogen-bond donors (Lipinski definition) is 0. The van der Waals surface area contributed by atoms with Crippen molar-refractivity contribution in [2.24, 2.45) is 0 Å². The SMILES string of the molecule is CCCOc1ccc(/C=C/c2onc(C)c2[N+](=O)[O-])cc1OC. The summed E-state index contributed by atoms with van der Waals surface area (Å²) in [4.78, 5) is 10.5. The lowest BCUT2D eigenvalue weighted by atomic mass is 10.1. The van der Waals surface area contributed by atoms with Gasteiger partial charge in [-0.05, 0) is 37.1 Å². The lowest BCUT2D eigenvalue weighted by molar-refractivity contribution is -0.386. The summed E-state index contributed by atoms with van der Waals surface area (Å²) >= 11 is 0. The Kier molecular flexibility index (Phi) is 5.35. The fraction of sp³-hybridized carbons (Fsp3) is 0.312. The van der Waals surface area contributed by atoms with Crippen LogP contribution in [0.1, 0.15) is 30.4 Å². The first kappa shape index (κ1) is 16.5. The van der Waals surface area contributed by atoms with E-state index in [9.17, 15) is 10.1 Å². The second kappa shape index (κ2) is 7.44. The molecule has 7 heteroatoms. The number of nitrogens with zero attached hydrogens (tertiary/aromatic N) is 2. The van der Waals surface area contributed by atoms with Gasteiger partial charge >= 0.3 is 5.69 Å². The number of ether oxygens (including phenoxy) is 2. The zero-order valence-electron chi connectivity index (χ0n) is 13.2. The van der Waals surface area contributed by atoms with Crippen LogP contribution in [-0.4, -0.2) is 23.8 Å². The van der Waals surface area contributed by atoms with E-state index in [1.807, 2.05) is 13.0 Å². The van der Waals surface area contributed by atoms with Crippen LogP contribution in [0.3, 0.4) is 0 Å². The Morgan fingerprint density at radius 1 is 1.35 bits per heavy atom. The Bertz CT molecular complexity index is 721. The van der Waals surface area contributed by atoms with Crippen molar-refractivity contribution < 1.29 is 18.9 Å². The van der Waals surface area contributed by atoms with Crippen molar-refractivity contribution in [3.05, 3.63) is 45.3 Å². The highest BCUT2D eigenvalue weighted by molar-refractivity contribution is 5.72. The van der Waals surface area contributed by atoms with Crippen molar-refractivity contribution >= 4 is 17.8 Å². The average Bonchev–Trinajstić information content (AvgIpc) is 2.92. The second-order valence-electron chi connectivity index (χ2n) is 4.83. The van der Waals surface area contributed by atoms with Crippen molar-refractivity contribution in [1.82, 2.24) is 5.16 Å². The van der Waals surface area contributed by atoms with Gasteiger partial charge in [0, 0.05) is 0 Å². The molecule has 0 saturated heterocycles. The first-order valence-electron chi connectivity index (χ1n) is 7.16. The fourth-order valence-electron chi connectivity index (χ4n) is 2.00. The maximum atomic E-state index is 11.0. The summed E-state index contributed by atoms with van der Waals surface area (Å²) in [5.74, 6) is 1.37. The Hall–Kier alpha value is -2.83. The summed E-state index contributed by atoms with van der Waals surface area (Å²) in [6.07, 6.45) is 4.11. The van der Waals surface area contributed by atoms with Crippen molar-refractivity contribution in [3.63, 3.8) is 0 Å². The van der Waals surface area contributed by atoms with E-state index in [0.29, 0.717) is 18.1 Å². The normalized spacial score (nSPS) is 10.9. The fourth-order valence-corrected chi connectivity index (χ4v) is 2.00. The van der Waals surface area contributed by atoms with Gasteiger partial charge in [-0.2, -0.15) is 0 Å². The molecule has 0 atom stereocenters. The summed E-state index contributed by atoms with van der Waals surface area (Å²) in [6.45, 7) is 4.16. The molecule has 0 aliphatic heterocycles. The van der Waals surface area contributed by atoms with Crippen molar-refractivity contribution in [2.45, 2.75) is 20.3 Å². The Labute approximate surface area is 133 Å². The molecular formula is C16H18N2O5. The Morgan fingerprint density at radius 2 is 2.13 bits per heavy atom. The number of rotatable bonds is 7. The zero-order valence-corrected chi connectivity index (χ0v) is 13.2. The van der Waals surface area contributed by atoms with Crippen LogP contribution in [0, 0.1) is 17.0 Å². The van der Waals surface area contributed by atoms with Gasteiger partial charge in [0.05, 0.1) is 18.6 Å². The molecular weight excluding hydrogens is 300 g/mol. The highest BCUT2D eigenvalue weighted by atomic mass is 16.6. The number of hydrogen-bond acceptors (Lipinski definition) is 6. The number of methoxy groups -OCH3 is 1. The molecule has 0 aliphatic carbocycles. The number of benzene rings is 1. The Balaban J connectivity index is 2.25. The summed E-state index contributed by atoms with van der Waals surface area (Å²) < 4.78 is 15.9. The van der Waals surface area contributed by atoms with Gasteiger partial charge in [0.2, 0.25) is 5.76 Å². The largest absolute Gasteiger partial charge is 0.493 e. The maximum absolute atomic E-state index is 11.0. The van der Waals surface area contributed by atoms with E-state index < -0.39 is 4.92 Å². The molecule has 122 valence electrons. The topological polar surface area (TPSA) is 87.6 Å². The van der Waals surface area contributed by atoms with Crippen LogP contribution in [0.25, 0.3) is 12.2 Å². The van der Waals surface area contributed by atoms with E-state index >= 15 is 0 Å². The highest BCUT2D eigenvalue weighted by Crippen LogP contribution is 2.30. The summed E-state index contributed by atoms with van der Waals surface area (Å²) in [6, 6.07) is 5.42. The molecule has 1 aromatic heterocycles. The standard InChI is InChI=1S/C16H18N2O5/c1-4-9-22-13-7-5-12(10-15(13)21-3)6-8-14-16(18(19)20)11(2)17-23-14/h5-8,10H,4,9H2,1-3H3/b8-6+. The molecule has 0 spiro atoms. The minimum Gasteiger partial charge on any atom is -0.493 e. The summed E-state index contributed by atoms with van der Waals surface area (Å²) in [5.41, 5.74) is 0.917. The van der Waals surface area contributed by atoms with E-state index in [1.54, 1.807) is 25.3 Å². The molecule has 0 amide bonds. The summed E-state index contributed by atoms with van der Waals surface area (Å²) in [7, 11) is 1.56. The van der Waals surface area contributed by atoms with E-state index in [2.05, 4.69) is 5.16 Å². The molecule has 2 aromatic rings. The molecule has 1 aromatic carbocycles. The number of nitro groups is 1. The van der Waals surface area contributed by atoms with Crippen LogP contribution in [0.2, 0.25) is 0 Å². The quantitative estimate of drug-likeness (QED) is 0.569. The van der Waals surface area contributed by atoms with E-state index in [4.69, 9.17) is 14.0 Å². The molecule has 23 heavy (non-hydrogen) atoms. The summed E-state index contributed by atoms with van der Waals surface area (Å²) in [5, 5.41) is 14.6. The van der Waals surface area contributed by atoms with Gasteiger partial charge in [-0.3, -0.25) is 10.1 Å². The number of aromatic nitrogens is 1. The minimum absolute atomic E-state index is 0.109. The third kappa shape index (κ3) is 3.88. The van der Waals surface area contributed by atoms with E-state index in [1.165, 1.54) is 13.0 Å². The van der Waals surface area contributed by atoms with Crippen LogP contribution in [0.5, 0.6) is 11.5 Å². The first-order chi connectivity index (χ1) is 11.1. The van der Waals surface area contributed by atoms with Gasteiger partial charge in [0.25, 0.3) is 0 Å². The monoisotopic (exact) mass is 318 g/mol. The predicted molar refractivity (Wildman–Crippen MR) is 85.6 cm³/mol. The number of aryl methyl sites for hydroxylation is 1. The second-order valence-corrected chi connectivity index (χ2v) is 4.83. The van der Waals surface area contributed by atoms with E-state index in [-0.39, 0.29) is 17.1 Å². The lowest BCUT2D eigenvalue weighted by Gasteiger charge is -2.10. The highest BCUT2D eigenvalue weighted by Gasteiger charge is 2.21. The third-order valence-corrected chi connectivity index (χ3v) is 3.12. The molecule has 0 aliphatic rings. The average molecular weight is 318 g/mol. The lowest BCUT2D eigenvalue weighted by Crippen LogP contribution is -1.97. The molecule has 7 nitrogen and oxygen atoms in total. The molecule has 0 N–H and O–H groups in total. The third-order valence-electron chi connectivity index (χ3n) is 3.12. The molecule has 0 bridgehead atoms. The van der Waals surface area contributed by atoms with E-state index in [0.717, 1.165) is 12.0 Å². The predicted octanol–water partition coefficient (Wildman–Crippen LogP) is 3.86. The smallest absolute Gasteiger partial charge is 0.338 e. The maximum Gasteiger partial charge on any atom is 0.338 e. The van der Waals surface area contributed by atoms with Crippen molar-refractivity contribution in [2.75, 3.05) is 13.7 Å². The van der Waals surface area contributed by atoms with Crippen LogP contribution >= 0.6 is 0 Å². The van der Waals surface area contributed by atoms with Crippen molar-refractivity contribution in [3.8, 4) is 11.5 Å². The molecule has 0 unspecified atom stereocenters.